The van der Waals surface area contributed by atoms with Crippen molar-refractivity contribution in [1.29, 1.82) is 0 Å². The highest BCUT2D eigenvalue weighted by molar-refractivity contribution is 5.44. The molecule has 0 aromatic heterocycles. The van der Waals surface area contributed by atoms with E-state index in [0.717, 1.165) is 5.56 Å². The van der Waals surface area contributed by atoms with Crippen molar-refractivity contribution in [2.24, 2.45) is 0 Å². The van der Waals surface area contributed by atoms with E-state index in [1.165, 1.54) is 14.2 Å². The molecule has 2 aromatic rings. The van der Waals surface area contributed by atoms with Gasteiger partial charge in [-0.15, -0.1) is 0 Å². The minimum atomic E-state index is -0.967. The van der Waals surface area contributed by atoms with Crippen molar-refractivity contribution in [3.63, 3.8) is 0 Å². The van der Waals surface area contributed by atoms with Crippen molar-refractivity contribution >= 4 is 0 Å². The molecule has 2 atom stereocenters. The summed E-state index contributed by atoms with van der Waals surface area (Å²) in [6.07, 6.45) is -0.599. The van der Waals surface area contributed by atoms with E-state index in [1.54, 1.807) is 23.1 Å². The summed E-state index contributed by atoms with van der Waals surface area (Å²) >= 11 is 0. The lowest BCUT2D eigenvalue weighted by molar-refractivity contribution is -0.0965. The first-order valence-corrected chi connectivity index (χ1v) is 8.80. The van der Waals surface area contributed by atoms with Gasteiger partial charge in [0.05, 0.1) is 33.5 Å². The normalized spacial score (nSPS) is 20.2. The zero-order valence-electron chi connectivity index (χ0n) is 15.6. The molecule has 1 N–H and O–H groups in total. The Morgan fingerprint density at radius 3 is 2.36 bits per heavy atom. The summed E-state index contributed by atoms with van der Waals surface area (Å²) in [5.74, 6) is -1.84. The zero-order chi connectivity index (χ0) is 20.3. The lowest BCUT2D eigenvalue weighted by Gasteiger charge is -2.41. The topological polar surface area (TPSA) is 51.2 Å². The molecule has 5 nitrogen and oxygen atoms in total. The lowest BCUT2D eigenvalue weighted by atomic mass is 9.97. The highest BCUT2D eigenvalue weighted by Crippen LogP contribution is 2.36. The van der Waals surface area contributed by atoms with Crippen LogP contribution < -0.4 is 9.47 Å². The molecule has 0 saturated carbocycles. The summed E-state index contributed by atoms with van der Waals surface area (Å²) in [5.41, 5.74) is 0.504. The van der Waals surface area contributed by atoms with Gasteiger partial charge >= 0.3 is 0 Å². The van der Waals surface area contributed by atoms with E-state index in [1.807, 2.05) is 0 Å². The van der Waals surface area contributed by atoms with Crippen LogP contribution in [0, 0.1) is 17.5 Å². The number of hydrogen-bond acceptors (Lipinski definition) is 5. The summed E-state index contributed by atoms with van der Waals surface area (Å²) in [4.78, 5) is 1.80. The van der Waals surface area contributed by atoms with E-state index in [9.17, 15) is 18.3 Å². The number of ether oxygens (including phenoxy) is 3. The average Bonchev–Trinajstić information content (AvgIpc) is 2.69. The largest absolute Gasteiger partial charge is 0.493 e. The van der Waals surface area contributed by atoms with Gasteiger partial charge in [0, 0.05) is 30.8 Å². The lowest BCUT2D eigenvalue weighted by Crippen LogP contribution is -2.46. The van der Waals surface area contributed by atoms with Crippen LogP contribution in [0.2, 0.25) is 0 Å². The number of nitrogens with zero attached hydrogens (tertiary/aromatic N) is 1. The molecule has 3 rings (SSSR count). The van der Waals surface area contributed by atoms with E-state index < -0.39 is 29.6 Å². The Hall–Kier alpha value is -2.29. The first-order chi connectivity index (χ1) is 13.5. The molecule has 28 heavy (non-hydrogen) atoms. The number of methoxy groups -OCH3 is 2. The Morgan fingerprint density at radius 2 is 1.75 bits per heavy atom. The fourth-order valence-corrected chi connectivity index (χ4v) is 3.51. The van der Waals surface area contributed by atoms with Crippen molar-refractivity contribution in [2.75, 3.05) is 34.0 Å². The minimum Gasteiger partial charge on any atom is -0.493 e. The van der Waals surface area contributed by atoms with Crippen LogP contribution in [0.25, 0.3) is 0 Å². The molecule has 1 aliphatic heterocycles. The van der Waals surface area contributed by atoms with Gasteiger partial charge in [-0.25, -0.2) is 13.2 Å². The Bertz CT molecular complexity index is 810. The molecule has 152 valence electrons. The van der Waals surface area contributed by atoms with E-state index in [0.29, 0.717) is 36.8 Å². The molecule has 0 bridgehead atoms. The summed E-state index contributed by atoms with van der Waals surface area (Å²) in [6, 6.07) is 6.08. The molecule has 2 aromatic carbocycles. The molecule has 0 aliphatic carbocycles. The minimum absolute atomic E-state index is 0.100. The molecule has 0 amide bonds. The summed E-state index contributed by atoms with van der Waals surface area (Å²) in [5, 5.41) is 9.77. The van der Waals surface area contributed by atoms with Crippen LogP contribution in [0.15, 0.2) is 30.3 Å². The predicted octanol–water partition coefficient (Wildman–Crippen LogP) is 3.06. The van der Waals surface area contributed by atoms with Crippen molar-refractivity contribution in [3.8, 4) is 11.5 Å². The third-order valence-electron chi connectivity index (χ3n) is 4.85. The van der Waals surface area contributed by atoms with Crippen LogP contribution in [-0.4, -0.2) is 50.1 Å². The van der Waals surface area contributed by atoms with Gasteiger partial charge < -0.3 is 19.3 Å². The van der Waals surface area contributed by atoms with E-state index in [2.05, 4.69) is 0 Å². The Morgan fingerprint density at radius 1 is 1.07 bits per heavy atom. The van der Waals surface area contributed by atoms with E-state index >= 15 is 0 Å². The van der Waals surface area contributed by atoms with Crippen molar-refractivity contribution < 1.29 is 32.5 Å². The van der Waals surface area contributed by atoms with Gasteiger partial charge in [0.1, 0.15) is 23.6 Å². The Labute approximate surface area is 161 Å². The SMILES string of the molecule is COc1ccc([C@@H]2[C@@H](CO)OCCN2Cc2c(F)cc(F)cc2F)cc1OC. The smallest absolute Gasteiger partial charge is 0.161 e. The molecule has 1 aliphatic rings. The predicted molar refractivity (Wildman–Crippen MR) is 95.8 cm³/mol. The number of hydrogen-bond donors (Lipinski definition) is 1. The van der Waals surface area contributed by atoms with Crippen molar-refractivity contribution in [3.05, 3.63) is 58.9 Å². The molecule has 1 heterocycles. The molecule has 0 unspecified atom stereocenters. The zero-order valence-corrected chi connectivity index (χ0v) is 15.6. The Kier molecular flexibility index (Phi) is 6.43. The maximum absolute atomic E-state index is 14.2. The quantitative estimate of drug-likeness (QED) is 0.812. The third-order valence-corrected chi connectivity index (χ3v) is 4.85. The highest BCUT2D eigenvalue weighted by atomic mass is 19.1. The fourth-order valence-electron chi connectivity index (χ4n) is 3.51. The van der Waals surface area contributed by atoms with Crippen LogP contribution in [0.1, 0.15) is 17.2 Å². The van der Waals surface area contributed by atoms with Gasteiger partial charge in [0.15, 0.2) is 11.5 Å². The number of halogens is 3. The van der Waals surface area contributed by atoms with Crippen LogP contribution >= 0.6 is 0 Å². The summed E-state index contributed by atoms with van der Waals surface area (Å²) in [7, 11) is 3.02. The van der Waals surface area contributed by atoms with Gasteiger partial charge in [-0.05, 0) is 17.7 Å². The van der Waals surface area contributed by atoms with Gasteiger partial charge in [0.2, 0.25) is 0 Å². The molecule has 8 heteroatoms. The number of aliphatic hydroxyl groups excluding tert-OH is 1. The van der Waals surface area contributed by atoms with E-state index in [4.69, 9.17) is 14.2 Å². The first kappa shape index (κ1) is 20.4. The molecule has 1 saturated heterocycles. The number of aliphatic hydroxyl groups is 1. The van der Waals surface area contributed by atoms with Crippen LogP contribution in [0.5, 0.6) is 11.5 Å². The molecule has 0 spiro atoms. The van der Waals surface area contributed by atoms with Gasteiger partial charge in [-0.2, -0.15) is 0 Å². The van der Waals surface area contributed by atoms with Crippen LogP contribution in [-0.2, 0) is 11.3 Å². The van der Waals surface area contributed by atoms with Crippen LogP contribution in [0.3, 0.4) is 0 Å². The maximum Gasteiger partial charge on any atom is 0.161 e. The second-order valence-electron chi connectivity index (χ2n) is 6.47. The summed E-state index contributed by atoms with van der Waals surface area (Å²) in [6.45, 7) is 0.298. The molecule has 0 radical (unpaired) electrons. The number of benzene rings is 2. The van der Waals surface area contributed by atoms with Crippen molar-refractivity contribution in [1.82, 2.24) is 4.90 Å². The first-order valence-electron chi connectivity index (χ1n) is 8.80. The molecule has 1 fully saturated rings. The average molecular weight is 397 g/mol. The molecular weight excluding hydrogens is 375 g/mol. The molecular formula is C20H22F3NO4. The second kappa shape index (κ2) is 8.81. The fraction of sp³-hybridized carbons (Fsp3) is 0.400. The third kappa shape index (κ3) is 4.09. The van der Waals surface area contributed by atoms with Gasteiger partial charge in [-0.3, -0.25) is 4.90 Å². The number of morpholine rings is 1. The van der Waals surface area contributed by atoms with Crippen LogP contribution in [0.4, 0.5) is 13.2 Å². The summed E-state index contributed by atoms with van der Waals surface area (Å²) < 4.78 is 57.8. The number of rotatable bonds is 6. The van der Waals surface area contributed by atoms with Crippen molar-refractivity contribution in [2.45, 2.75) is 18.7 Å². The maximum atomic E-state index is 14.2. The monoisotopic (exact) mass is 397 g/mol. The van der Waals surface area contributed by atoms with E-state index in [-0.39, 0.29) is 18.7 Å². The Balaban J connectivity index is 1.98. The standard InChI is InChI=1S/C20H22F3NO4/c1-26-17-4-3-12(7-18(17)27-2)20-19(11-25)28-6-5-24(20)10-14-15(22)8-13(21)9-16(14)23/h3-4,7-9,19-20,25H,5-6,10-11H2,1-2H3/t19-,20-/m1/s1. The highest BCUT2D eigenvalue weighted by Gasteiger charge is 2.34. The van der Waals surface area contributed by atoms with Gasteiger partial charge in [0.25, 0.3) is 0 Å². The second-order valence-corrected chi connectivity index (χ2v) is 6.47. The van der Waals surface area contributed by atoms with Gasteiger partial charge in [-0.1, -0.05) is 6.07 Å².